The van der Waals surface area contributed by atoms with Gasteiger partial charge < -0.3 is 4.74 Å². The number of nitrogens with zero attached hydrogens (tertiary/aromatic N) is 4. The normalized spacial score (nSPS) is 18.3. The van der Waals surface area contributed by atoms with Crippen molar-refractivity contribution in [2.75, 3.05) is 25.6 Å². The Bertz CT molecular complexity index is 1140. The number of amides is 1. The highest BCUT2D eigenvalue weighted by molar-refractivity contribution is 5.99. The fourth-order valence-electron chi connectivity index (χ4n) is 4.75. The summed E-state index contributed by atoms with van der Waals surface area (Å²) in [5.41, 5.74) is 5.55. The maximum atomic E-state index is 12.1. The molecule has 1 saturated heterocycles. The number of hydrogen-bond donors (Lipinski definition) is 0. The van der Waals surface area contributed by atoms with Crippen molar-refractivity contribution < 1.29 is 9.53 Å². The summed E-state index contributed by atoms with van der Waals surface area (Å²) >= 11 is 0. The van der Waals surface area contributed by atoms with Crippen LogP contribution in [0.2, 0.25) is 0 Å². The predicted octanol–water partition coefficient (Wildman–Crippen LogP) is 4.32. The second-order valence-electron chi connectivity index (χ2n) is 8.65. The lowest BCUT2D eigenvalue weighted by Gasteiger charge is -2.24. The van der Waals surface area contributed by atoms with Crippen molar-refractivity contribution in [3.05, 3.63) is 71.2 Å². The molecule has 2 aliphatic heterocycles. The Morgan fingerprint density at radius 3 is 2.41 bits per heavy atom. The van der Waals surface area contributed by atoms with Gasteiger partial charge in [-0.05, 0) is 55.1 Å². The lowest BCUT2D eigenvalue weighted by Crippen LogP contribution is -2.26. The summed E-state index contributed by atoms with van der Waals surface area (Å²) in [5.74, 6) is 2.59. The molecule has 2 aliphatic rings. The summed E-state index contributed by atoms with van der Waals surface area (Å²) < 4.78 is 5.25. The topological polar surface area (TPSA) is 58.6 Å². The third-order valence-corrected chi connectivity index (χ3v) is 6.65. The van der Waals surface area contributed by atoms with E-state index in [0.717, 1.165) is 54.6 Å². The quantitative estimate of drug-likeness (QED) is 0.606. The molecule has 6 heteroatoms. The molecular formula is C26H28N4O2. The van der Waals surface area contributed by atoms with Crippen molar-refractivity contribution in [1.82, 2.24) is 14.9 Å². The number of benzene rings is 2. The number of likely N-dealkylation sites (N-methyl/N-ethyl adjacent to an activating group) is 1. The van der Waals surface area contributed by atoms with E-state index in [0.29, 0.717) is 6.42 Å². The van der Waals surface area contributed by atoms with Crippen molar-refractivity contribution in [3.8, 4) is 16.9 Å². The maximum Gasteiger partial charge on any atom is 0.232 e. The maximum absolute atomic E-state index is 12.1. The molecule has 1 fully saturated rings. The van der Waals surface area contributed by atoms with Gasteiger partial charge in [0.1, 0.15) is 17.4 Å². The zero-order valence-electron chi connectivity index (χ0n) is 18.8. The largest absolute Gasteiger partial charge is 0.497 e. The number of methoxy groups -OCH3 is 1. The number of carbonyl (C=O) groups is 1. The molecular weight excluding hydrogens is 400 g/mol. The van der Waals surface area contributed by atoms with Gasteiger partial charge in [0.25, 0.3) is 0 Å². The molecule has 1 aromatic heterocycles. The Kier molecular flexibility index (Phi) is 5.39. The first-order valence-corrected chi connectivity index (χ1v) is 11.1. The highest BCUT2D eigenvalue weighted by Gasteiger charge is 2.33. The van der Waals surface area contributed by atoms with Gasteiger partial charge in [-0.25, -0.2) is 9.97 Å². The Labute approximate surface area is 188 Å². The Morgan fingerprint density at radius 1 is 1.03 bits per heavy atom. The fraction of sp³-hybridized carbons (Fsp3) is 0.346. The van der Waals surface area contributed by atoms with E-state index in [4.69, 9.17) is 14.7 Å². The number of rotatable bonds is 5. The van der Waals surface area contributed by atoms with E-state index in [9.17, 15) is 4.79 Å². The van der Waals surface area contributed by atoms with Crippen LogP contribution in [0.5, 0.6) is 5.75 Å². The molecule has 164 valence electrons. The van der Waals surface area contributed by atoms with E-state index in [-0.39, 0.29) is 11.9 Å². The van der Waals surface area contributed by atoms with Gasteiger partial charge in [0.15, 0.2) is 0 Å². The van der Waals surface area contributed by atoms with Crippen molar-refractivity contribution in [3.63, 3.8) is 0 Å². The average Bonchev–Trinajstić information content (AvgIpc) is 3.39. The SMILES string of the molecule is COc1ccc(-c2ccc(CN3CCC[C@H]3c3nc(C)c4c(n3)N(C)C(=O)C4)cc2)cc1. The minimum absolute atomic E-state index is 0.0924. The highest BCUT2D eigenvalue weighted by atomic mass is 16.5. The molecule has 0 N–H and O–H groups in total. The lowest BCUT2D eigenvalue weighted by atomic mass is 10.0. The third-order valence-electron chi connectivity index (χ3n) is 6.65. The molecule has 32 heavy (non-hydrogen) atoms. The number of fused-ring (bicyclic) bond motifs is 1. The number of hydrogen-bond acceptors (Lipinski definition) is 5. The first kappa shape index (κ1) is 20.6. The van der Waals surface area contributed by atoms with Crippen LogP contribution in [-0.2, 0) is 17.8 Å². The van der Waals surface area contributed by atoms with Crippen LogP contribution in [0.4, 0.5) is 5.82 Å². The van der Waals surface area contributed by atoms with Crippen molar-refractivity contribution in [2.45, 2.75) is 38.8 Å². The first-order valence-electron chi connectivity index (χ1n) is 11.1. The summed E-state index contributed by atoms with van der Waals surface area (Å²) in [6.45, 7) is 3.88. The fourth-order valence-corrected chi connectivity index (χ4v) is 4.75. The van der Waals surface area contributed by atoms with Crippen LogP contribution in [0.15, 0.2) is 48.5 Å². The van der Waals surface area contributed by atoms with Crippen molar-refractivity contribution >= 4 is 11.7 Å². The summed E-state index contributed by atoms with van der Waals surface area (Å²) in [6.07, 6.45) is 2.58. The van der Waals surface area contributed by atoms with Gasteiger partial charge in [-0.3, -0.25) is 14.6 Å². The molecule has 2 aromatic carbocycles. The number of ether oxygens (including phenoxy) is 1. The molecule has 1 atom stereocenters. The number of carbonyl (C=O) groups excluding carboxylic acids is 1. The van der Waals surface area contributed by atoms with E-state index >= 15 is 0 Å². The summed E-state index contributed by atoms with van der Waals surface area (Å²) in [4.78, 5) is 25.9. The van der Waals surface area contributed by atoms with E-state index in [2.05, 4.69) is 41.3 Å². The van der Waals surface area contributed by atoms with Crippen LogP contribution >= 0.6 is 0 Å². The van der Waals surface area contributed by atoms with Gasteiger partial charge in [0, 0.05) is 24.8 Å². The number of likely N-dealkylation sites (tertiary alicyclic amines) is 1. The minimum Gasteiger partial charge on any atom is -0.497 e. The Hall–Kier alpha value is -3.25. The van der Waals surface area contributed by atoms with Crippen LogP contribution < -0.4 is 9.64 Å². The molecule has 0 spiro atoms. The van der Waals surface area contributed by atoms with Gasteiger partial charge in [-0.2, -0.15) is 0 Å². The number of anilines is 1. The third kappa shape index (κ3) is 3.75. The van der Waals surface area contributed by atoms with E-state index < -0.39 is 0 Å². The molecule has 5 rings (SSSR count). The van der Waals surface area contributed by atoms with E-state index in [1.54, 1.807) is 19.1 Å². The molecule has 6 nitrogen and oxygen atoms in total. The van der Waals surface area contributed by atoms with Crippen LogP contribution in [0, 0.1) is 6.92 Å². The minimum atomic E-state index is 0.0924. The Balaban J connectivity index is 1.34. The summed E-state index contributed by atoms with van der Waals surface area (Å²) in [5, 5.41) is 0. The zero-order valence-corrected chi connectivity index (χ0v) is 18.8. The molecule has 0 aliphatic carbocycles. The van der Waals surface area contributed by atoms with Crippen LogP contribution in [0.1, 0.15) is 41.5 Å². The van der Waals surface area contributed by atoms with Crippen LogP contribution in [0.3, 0.4) is 0 Å². The lowest BCUT2D eigenvalue weighted by molar-refractivity contribution is -0.117. The van der Waals surface area contributed by atoms with Gasteiger partial charge in [0.2, 0.25) is 5.91 Å². The van der Waals surface area contributed by atoms with Gasteiger partial charge in [-0.1, -0.05) is 36.4 Å². The first-order chi connectivity index (χ1) is 15.5. The second-order valence-corrected chi connectivity index (χ2v) is 8.65. The predicted molar refractivity (Wildman–Crippen MR) is 125 cm³/mol. The molecule has 0 saturated carbocycles. The molecule has 3 aromatic rings. The van der Waals surface area contributed by atoms with Gasteiger partial charge >= 0.3 is 0 Å². The van der Waals surface area contributed by atoms with Crippen molar-refractivity contribution in [1.29, 1.82) is 0 Å². The van der Waals surface area contributed by atoms with Crippen LogP contribution in [0.25, 0.3) is 11.1 Å². The Morgan fingerprint density at radius 2 is 1.72 bits per heavy atom. The molecule has 1 amide bonds. The molecule has 0 radical (unpaired) electrons. The smallest absolute Gasteiger partial charge is 0.232 e. The van der Waals surface area contributed by atoms with E-state index in [1.807, 2.05) is 19.1 Å². The number of aryl methyl sites for hydroxylation is 1. The molecule has 3 heterocycles. The second kappa shape index (κ2) is 8.36. The zero-order chi connectivity index (χ0) is 22.2. The standard InChI is InChI=1S/C26H28N4O2/c1-17-22-15-24(31)29(2)26(22)28-25(27-17)23-5-4-14-30(23)16-18-6-8-19(9-7-18)20-10-12-21(32-3)13-11-20/h6-13,23H,4-5,14-16H2,1-3H3/t23-/m0/s1. The summed E-state index contributed by atoms with van der Waals surface area (Å²) in [7, 11) is 3.49. The van der Waals surface area contributed by atoms with Gasteiger partial charge in [0.05, 0.1) is 19.6 Å². The van der Waals surface area contributed by atoms with Gasteiger partial charge in [-0.15, -0.1) is 0 Å². The average molecular weight is 429 g/mol. The molecule has 0 unspecified atom stereocenters. The highest BCUT2D eigenvalue weighted by Crippen LogP contribution is 2.35. The van der Waals surface area contributed by atoms with Crippen LogP contribution in [-0.4, -0.2) is 41.5 Å². The summed E-state index contributed by atoms with van der Waals surface area (Å²) in [6, 6.07) is 17.1. The molecule has 0 bridgehead atoms. The monoisotopic (exact) mass is 428 g/mol. The van der Waals surface area contributed by atoms with Crippen molar-refractivity contribution in [2.24, 2.45) is 0 Å². The number of aromatic nitrogens is 2. The van der Waals surface area contributed by atoms with E-state index in [1.165, 1.54) is 16.7 Å².